The van der Waals surface area contributed by atoms with E-state index in [1.807, 2.05) is 6.92 Å². The van der Waals surface area contributed by atoms with Gasteiger partial charge in [-0.2, -0.15) is 9.40 Å². The Hall–Kier alpha value is -0.920. The average Bonchev–Trinajstić information content (AvgIpc) is 3.08. The zero-order valence-corrected chi connectivity index (χ0v) is 12.4. The Morgan fingerprint density at radius 3 is 2.53 bits per heavy atom. The van der Waals surface area contributed by atoms with Crippen LogP contribution in [-0.2, 0) is 16.6 Å². The normalized spacial score (nSPS) is 16.3. The summed E-state index contributed by atoms with van der Waals surface area (Å²) in [5, 5.41) is 13.2. The van der Waals surface area contributed by atoms with Crippen LogP contribution in [0.5, 0.6) is 0 Å². The molecular weight excluding hydrogens is 266 g/mol. The molecule has 1 aliphatic rings. The molecule has 0 bridgehead atoms. The highest BCUT2D eigenvalue weighted by atomic mass is 32.2. The van der Waals surface area contributed by atoms with Crippen LogP contribution in [0.1, 0.15) is 31.2 Å². The Bertz CT molecular complexity index is 561. The van der Waals surface area contributed by atoms with Crippen molar-refractivity contribution >= 4 is 10.0 Å². The summed E-state index contributed by atoms with van der Waals surface area (Å²) >= 11 is 0. The fourth-order valence-corrected chi connectivity index (χ4v) is 4.54. The van der Waals surface area contributed by atoms with Gasteiger partial charge in [-0.1, -0.05) is 6.92 Å². The molecule has 1 aromatic heterocycles. The maximum absolute atomic E-state index is 12.7. The topological polar surface area (TPSA) is 75.4 Å². The van der Waals surface area contributed by atoms with Gasteiger partial charge in [-0.05, 0) is 26.7 Å². The minimum atomic E-state index is -3.48. The number of aliphatic hydroxyl groups is 1. The Labute approximate surface area is 114 Å². The maximum atomic E-state index is 12.7. The zero-order chi connectivity index (χ0) is 14.2. The molecule has 19 heavy (non-hydrogen) atoms. The van der Waals surface area contributed by atoms with E-state index >= 15 is 0 Å². The third kappa shape index (κ3) is 2.54. The summed E-state index contributed by atoms with van der Waals surface area (Å²) in [6, 6.07) is 0.148. The first-order valence-electron chi connectivity index (χ1n) is 6.60. The number of hydrogen-bond acceptors (Lipinski definition) is 4. The molecular formula is C12H21N3O3S. The monoisotopic (exact) mass is 287 g/mol. The van der Waals surface area contributed by atoms with Crippen LogP contribution in [0.4, 0.5) is 0 Å². The van der Waals surface area contributed by atoms with Crippen molar-refractivity contribution < 1.29 is 13.5 Å². The highest BCUT2D eigenvalue weighted by Crippen LogP contribution is 2.33. The fraction of sp³-hybridized carbons (Fsp3) is 0.750. The van der Waals surface area contributed by atoms with E-state index in [1.165, 1.54) is 0 Å². The van der Waals surface area contributed by atoms with Gasteiger partial charge in [-0.3, -0.25) is 4.68 Å². The summed E-state index contributed by atoms with van der Waals surface area (Å²) in [6.45, 7) is 6.05. The van der Waals surface area contributed by atoms with Crippen molar-refractivity contribution in [2.24, 2.45) is 0 Å². The molecule has 0 amide bonds. The number of hydrogen-bond donors (Lipinski definition) is 1. The first-order valence-corrected chi connectivity index (χ1v) is 8.04. The molecule has 2 rings (SSSR count). The van der Waals surface area contributed by atoms with Crippen molar-refractivity contribution in [1.82, 2.24) is 14.1 Å². The minimum absolute atomic E-state index is 0.0540. The predicted molar refractivity (Wildman–Crippen MR) is 71.4 cm³/mol. The Morgan fingerprint density at radius 2 is 2.05 bits per heavy atom. The first kappa shape index (κ1) is 14.5. The van der Waals surface area contributed by atoms with Crippen LogP contribution in [0.25, 0.3) is 0 Å². The van der Waals surface area contributed by atoms with E-state index < -0.39 is 10.0 Å². The van der Waals surface area contributed by atoms with Gasteiger partial charge in [0.15, 0.2) is 0 Å². The van der Waals surface area contributed by atoms with E-state index in [2.05, 4.69) is 5.10 Å². The van der Waals surface area contributed by atoms with Crippen molar-refractivity contribution in [3.05, 3.63) is 11.4 Å². The third-order valence-corrected chi connectivity index (χ3v) is 5.74. The molecule has 1 aliphatic carbocycles. The second kappa shape index (κ2) is 5.22. The summed E-state index contributed by atoms with van der Waals surface area (Å²) in [7, 11) is -3.48. The van der Waals surface area contributed by atoms with Gasteiger partial charge >= 0.3 is 0 Å². The fourth-order valence-electron chi connectivity index (χ4n) is 2.47. The zero-order valence-electron chi connectivity index (χ0n) is 11.6. The summed E-state index contributed by atoms with van der Waals surface area (Å²) in [6.07, 6.45) is 1.88. The van der Waals surface area contributed by atoms with Crippen LogP contribution in [0, 0.1) is 13.8 Å². The van der Waals surface area contributed by atoms with E-state index in [0.29, 0.717) is 29.4 Å². The molecule has 0 saturated heterocycles. The van der Waals surface area contributed by atoms with Gasteiger partial charge in [0.25, 0.3) is 0 Å². The molecule has 0 aromatic carbocycles. The van der Waals surface area contributed by atoms with E-state index in [1.54, 1.807) is 22.8 Å². The van der Waals surface area contributed by atoms with Crippen molar-refractivity contribution in [2.45, 2.75) is 51.1 Å². The van der Waals surface area contributed by atoms with E-state index in [4.69, 9.17) is 5.11 Å². The lowest BCUT2D eigenvalue weighted by Crippen LogP contribution is -2.33. The van der Waals surface area contributed by atoms with Crippen LogP contribution in [0.3, 0.4) is 0 Å². The molecule has 0 spiro atoms. The van der Waals surface area contributed by atoms with E-state index in [9.17, 15) is 8.42 Å². The maximum Gasteiger partial charge on any atom is 0.246 e. The van der Waals surface area contributed by atoms with Crippen LogP contribution in [-0.4, -0.2) is 46.8 Å². The molecule has 0 aliphatic heterocycles. The lowest BCUT2D eigenvalue weighted by molar-refractivity contribution is 0.267. The minimum Gasteiger partial charge on any atom is -0.394 e. The number of aryl methyl sites for hydroxylation is 1. The van der Waals surface area contributed by atoms with Gasteiger partial charge in [0.05, 0.1) is 24.5 Å². The van der Waals surface area contributed by atoms with E-state index in [0.717, 1.165) is 12.8 Å². The number of sulfonamides is 1. The second-order valence-electron chi connectivity index (χ2n) is 4.89. The highest BCUT2D eigenvalue weighted by molar-refractivity contribution is 7.89. The standard InChI is InChI=1S/C12H21N3O3S/c1-4-15(11-5-6-11)19(17,18)12-9(2)13-14(7-8-16)10(12)3/h11,16H,4-8H2,1-3H3. The molecule has 1 fully saturated rings. The van der Waals surface area contributed by atoms with Crippen molar-refractivity contribution in [2.75, 3.05) is 13.2 Å². The third-order valence-electron chi connectivity index (χ3n) is 3.46. The second-order valence-corrected chi connectivity index (χ2v) is 6.71. The number of aliphatic hydroxyl groups excluding tert-OH is 1. The lowest BCUT2D eigenvalue weighted by Gasteiger charge is -2.20. The summed E-state index contributed by atoms with van der Waals surface area (Å²) < 4.78 is 28.5. The van der Waals surface area contributed by atoms with Gasteiger partial charge in [-0.15, -0.1) is 0 Å². The summed E-state index contributed by atoms with van der Waals surface area (Å²) in [5.41, 5.74) is 1.11. The molecule has 1 saturated carbocycles. The number of nitrogens with zero attached hydrogens (tertiary/aromatic N) is 3. The molecule has 0 atom stereocenters. The Morgan fingerprint density at radius 1 is 1.42 bits per heavy atom. The van der Waals surface area contributed by atoms with Gasteiger partial charge < -0.3 is 5.11 Å². The van der Waals surface area contributed by atoms with Crippen LogP contribution in [0.15, 0.2) is 4.90 Å². The summed E-state index contributed by atoms with van der Waals surface area (Å²) in [4.78, 5) is 0.301. The molecule has 6 nitrogen and oxygen atoms in total. The molecule has 1 heterocycles. The Kier molecular flexibility index (Phi) is 3.98. The quantitative estimate of drug-likeness (QED) is 0.834. The van der Waals surface area contributed by atoms with Crippen LogP contribution < -0.4 is 0 Å². The van der Waals surface area contributed by atoms with Gasteiger partial charge in [0.2, 0.25) is 10.0 Å². The van der Waals surface area contributed by atoms with Crippen molar-refractivity contribution in [3.8, 4) is 0 Å². The Balaban J connectivity index is 2.45. The first-order chi connectivity index (χ1) is 8.93. The van der Waals surface area contributed by atoms with Crippen molar-refractivity contribution in [1.29, 1.82) is 0 Å². The SMILES string of the molecule is CCN(C1CC1)S(=O)(=O)c1c(C)nn(CCO)c1C. The molecule has 0 radical (unpaired) electrons. The predicted octanol–water partition coefficient (Wildman–Crippen LogP) is 0.665. The van der Waals surface area contributed by atoms with Gasteiger partial charge in [0, 0.05) is 12.6 Å². The molecule has 7 heteroatoms. The largest absolute Gasteiger partial charge is 0.394 e. The molecule has 108 valence electrons. The average molecular weight is 287 g/mol. The van der Waals surface area contributed by atoms with E-state index in [-0.39, 0.29) is 12.6 Å². The number of aromatic nitrogens is 2. The number of rotatable bonds is 6. The molecule has 0 unspecified atom stereocenters. The highest BCUT2D eigenvalue weighted by Gasteiger charge is 2.39. The smallest absolute Gasteiger partial charge is 0.246 e. The van der Waals surface area contributed by atoms with Crippen LogP contribution >= 0.6 is 0 Å². The molecule has 1 aromatic rings. The van der Waals surface area contributed by atoms with Crippen LogP contribution in [0.2, 0.25) is 0 Å². The van der Waals surface area contributed by atoms with Gasteiger partial charge in [-0.25, -0.2) is 8.42 Å². The van der Waals surface area contributed by atoms with Gasteiger partial charge in [0.1, 0.15) is 4.90 Å². The molecule has 1 N–H and O–H groups in total. The summed E-state index contributed by atoms with van der Waals surface area (Å²) in [5.74, 6) is 0. The lowest BCUT2D eigenvalue weighted by atomic mass is 10.4. The van der Waals surface area contributed by atoms with Crippen molar-refractivity contribution in [3.63, 3.8) is 0 Å².